The van der Waals surface area contributed by atoms with Crippen molar-refractivity contribution in [1.29, 1.82) is 0 Å². The molecule has 0 radical (unpaired) electrons. The van der Waals surface area contributed by atoms with E-state index in [2.05, 4.69) is 16.0 Å². The third-order valence-electron chi connectivity index (χ3n) is 4.73. The largest absolute Gasteiger partial charge is 0.481 e. The Morgan fingerprint density at radius 2 is 1.28 bits per heavy atom. The molecule has 0 unspecified atom stereocenters. The fourth-order valence-corrected chi connectivity index (χ4v) is 3.05. The number of carbonyl (C=O) groups excluding carboxylic acids is 5. The molecule has 0 aromatic rings. The summed E-state index contributed by atoms with van der Waals surface area (Å²) in [5, 5.41) is 25.3. The van der Waals surface area contributed by atoms with E-state index >= 15 is 0 Å². The number of aliphatic carboxylic acids is 2. The molecule has 0 aliphatic carbocycles. The lowest BCUT2D eigenvalue weighted by molar-refractivity contribution is -0.191. The number of carbonyl (C=O) groups is 5. The van der Waals surface area contributed by atoms with Crippen molar-refractivity contribution >= 4 is 35.8 Å². The van der Waals surface area contributed by atoms with E-state index in [1.807, 2.05) is 13.8 Å². The lowest BCUT2D eigenvalue weighted by Crippen LogP contribution is -2.46. The second-order valence-electron chi connectivity index (χ2n) is 8.29. The number of rotatable bonds is 19. The molecule has 0 fully saturated rings. The summed E-state index contributed by atoms with van der Waals surface area (Å²) in [5.74, 6) is -2.15. The van der Waals surface area contributed by atoms with E-state index in [1.54, 1.807) is 0 Å². The molecule has 0 spiro atoms. The molecule has 12 heteroatoms. The van der Waals surface area contributed by atoms with Gasteiger partial charge < -0.3 is 26.2 Å². The summed E-state index contributed by atoms with van der Waals surface area (Å²) in [5.41, 5.74) is 0. The lowest BCUT2D eigenvalue weighted by atomic mass is 10.0. The van der Waals surface area contributed by atoms with E-state index in [9.17, 15) is 29.1 Å². The zero-order valence-electron chi connectivity index (χ0n) is 20.6. The van der Waals surface area contributed by atoms with Gasteiger partial charge in [-0.2, -0.15) is 9.59 Å². The van der Waals surface area contributed by atoms with Gasteiger partial charge >= 0.3 is 24.1 Å². The highest BCUT2D eigenvalue weighted by Gasteiger charge is 2.20. The second-order valence-corrected chi connectivity index (χ2v) is 8.29. The Hall–Kier alpha value is -3.27. The summed E-state index contributed by atoms with van der Waals surface area (Å²) in [6.45, 7) is 3.98. The van der Waals surface area contributed by atoms with Gasteiger partial charge in [-0.15, -0.1) is 0 Å². The number of unbranched alkanes of at least 4 members (excludes halogenated alkanes) is 5. The summed E-state index contributed by atoms with van der Waals surface area (Å²) in [6, 6.07) is -1.71. The number of amides is 3. The number of ketones is 1. The van der Waals surface area contributed by atoms with Crippen LogP contribution in [0.4, 0.5) is 4.79 Å². The van der Waals surface area contributed by atoms with Crippen LogP contribution >= 0.6 is 0 Å². The minimum atomic E-state index is -1.22. The first-order chi connectivity index (χ1) is 16.5. The molecule has 0 saturated heterocycles. The summed E-state index contributed by atoms with van der Waals surface area (Å²) in [4.78, 5) is 73.2. The van der Waals surface area contributed by atoms with Crippen molar-refractivity contribution in [2.75, 3.05) is 6.54 Å². The first kappa shape index (κ1) is 37.3. The smallest absolute Gasteiger partial charge is 0.373 e. The minimum absolute atomic E-state index is 0. The normalized spacial score (nSPS) is 10.5. The van der Waals surface area contributed by atoms with Crippen LogP contribution in [0.5, 0.6) is 0 Å². The number of hydrogen-bond acceptors (Lipinski definition) is 7. The van der Waals surface area contributed by atoms with Gasteiger partial charge in [0.1, 0.15) is 11.8 Å². The second kappa shape index (κ2) is 24.8. The molecule has 208 valence electrons. The van der Waals surface area contributed by atoms with Crippen molar-refractivity contribution in [3.63, 3.8) is 0 Å². The molecular weight excluding hydrogens is 474 g/mol. The average molecular weight is 518 g/mol. The maximum absolute atomic E-state index is 12.0. The van der Waals surface area contributed by atoms with Crippen LogP contribution in [0.25, 0.3) is 0 Å². The van der Waals surface area contributed by atoms with Crippen LogP contribution in [0.3, 0.4) is 0 Å². The van der Waals surface area contributed by atoms with E-state index in [1.165, 1.54) is 0 Å². The van der Waals surface area contributed by atoms with Gasteiger partial charge in [-0.3, -0.25) is 14.4 Å². The van der Waals surface area contributed by atoms with Crippen LogP contribution in [0.2, 0.25) is 0 Å². The fraction of sp³-hybridized carbons (Fsp3) is 0.750. The number of urea groups is 1. The Kier molecular flexibility index (Phi) is 25.7. The van der Waals surface area contributed by atoms with Gasteiger partial charge in [0, 0.05) is 38.3 Å². The molecule has 0 aromatic heterocycles. The molecule has 0 heterocycles. The maximum Gasteiger partial charge on any atom is 0.373 e. The summed E-state index contributed by atoms with van der Waals surface area (Å²) in [6.07, 6.45) is 6.87. The van der Waals surface area contributed by atoms with Gasteiger partial charge in [0.25, 0.3) is 0 Å². The molecular formula is C24H43N3O9. The number of Topliss-reactive ketones (excluding diaryl/α,β-unsaturated/α-hetero) is 1. The third kappa shape index (κ3) is 27.0. The molecule has 0 bridgehead atoms. The van der Waals surface area contributed by atoms with Crippen molar-refractivity contribution < 1.29 is 43.8 Å². The maximum atomic E-state index is 12.0. The average Bonchev–Trinajstić information content (AvgIpc) is 2.75. The van der Waals surface area contributed by atoms with Crippen molar-refractivity contribution in [3.8, 4) is 0 Å². The molecule has 0 aliphatic heterocycles. The van der Waals surface area contributed by atoms with Crippen LogP contribution in [0.15, 0.2) is 0 Å². The van der Waals surface area contributed by atoms with Gasteiger partial charge in [0.05, 0.1) is 0 Å². The highest BCUT2D eigenvalue weighted by atomic mass is 16.4. The topological polar surface area (TPSA) is 196 Å². The van der Waals surface area contributed by atoms with E-state index < -0.39 is 24.0 Å². The van der Waals surface area contributed by atoms with E-state index in [0.29, 0.717) is 12.8 Å². The van der Waals surface area contributed by atoms with Crippen LogP contribution < -0.4 is 16.0 Å². The fourth-order valence-electron chi connectivity index (χ4n) is 3.05. The zero-order chi connectivity index (χ0) is 27.1. The summed E-state index contributed by atoms with van der Waals surface area (Å²) in [7, 11) is 0. The monoisotopic (exact) mass is 517 g/mol. The highest BCUT2D eigenvalue weighted by Crippen LogP contribution is 2.11. The van der Waals surface area contributed by atoms with Crippen molar-refractivity contribution in [1.82, 2.24) is 16.0 Å². The van der Waals surface area contributed by atoms with Crippen molar-refractivity contribution in [2.24, 2.45) is 0 Å². The van der Waals surface area contributed by atoms with Crippen LogP contribution in [0, 0.1) is 0 Å². The summed E-state index contributed by atoms with van der Waals surface area (Å²) < 4.78 is 0. The third-order valence-corrected chi connectivity index (χ3v) is 4.73. The van der Waals surface area contributed by atoms with Crippen LogP contribution in [-0.2, 0) is 28.8 Å². The molecule has 36 heavy (non-hydrogen) atoms. The molecule has 1 atom stereocenters. The molecule has 0 rings (SSSR count). The highest BCUT2D eigenvalue weighted by molar-refractivity contribution is 5.84. The molecule has 3 amide bonds. The number of nitrogens with one attached hydrogen (secondary N) is 3. The Morgan fingerprint density at radius 1 is 0.750 bits per heavy atom. The number of hydrogen-bond donors (Lipinski definition) is 5. The van der Waals surface area contributed by atoms with Crippen molar-refractivity contribution in [3.05, 3.63) is 0 Å². The Balaban J connectivity index is -0.00000258. The van der Waals surface area contributed by atoms with Crippen LogP contribution in [-0.4, -0.2) is 64.7 Å². The number of carboxylic acid groups (broad SMARTS) is 2. The van der Waals surface area contributed by atoms with Gasteiger partial charge in [0.15, 0.2) is 0 Å². The van der Waals surface area contributed by atoms with E-state index in [4.69, 9.17) is 14.7 Å². The Bertz CT molecular complexity index is 690. The Labute approximate surface area is 213 Å². The van der Waals surface area contributed by atoms with Gasteiger partial charge in [-0.25, -0.2) is 9.59 Å². The van der Waals surface area contributed by atoms with Gasteiger partial charge in [-0.1, -0.05) is 33.1 Å². The Morgan fingerprint density at radius 3 is 1.78 bits per heavy atom. The first-order valence-electron chi connectivity index (χ1n) is 11.8. The van der Waals surface area contributed by atoms with E-state index in [-0.39, 0.29) is 63.5 Å². The quantitative estimate of drug-likeness (QED) is 0.160. The molecule has 5 N–H and O–H groups in total. The van der Waals surface area contributed by atoms with Gasteiger partial charge in [0.2, 0.25) is 5.91 Å². The molecule has 0 saturated carbocycles. The SMILES string of the molecule is C.CC(C)NC(=O)CCCCCCCCC(=O)CC[C@H](NC(=O)NCCCC(=O)O)C(=O)O.O=C=O. The lowest BCUT2D eigenvalue weighted by Gasteiger charge is -2.14. The van der Waals surface area contributed by atoms with Crippen LogP contribution in [0.1, 0.15) is 98.3 Å². The van der Waals surface area contributed by atoms with E-state index in [0.717, 1.165) is 38.5 Å². The first-order valence-corrected chi connectivity index (χ1v) is 11.8. The molecule has 0 aromatic carbocycles. The minimum Gasteiger partial charge on any atom is -0.481 e. The van der Waals surface area contributed by atoms with Crippen molar-refractivity contribution in [2.45, 2.75) is 110 Å². The predicted octanol–water partition coefficient (Wildman–Crippen LogP) is 2.65. The standard InChI is InChI=1S/C22H39N3O7.CO2.CH4/c1-16(2)24-19(27)11-8-6-4-3-5-7-10-17(26)13-14-18(21(30)31)25-22(32)23-15-9-12-20(28)29;2-1-3;/h16,18H,3-15H2,1-2H3,(H,24,27)(H,28,29)(H,30,31)(H2,23,25,32);;1H4/t18-;;/m0../s1. The molecule has 12 nitrogen and oxygen atoms in total. The van der Waals surface area contributed by atoms with Gasteiger partial charge in [-0.05, 0) is 39.5 Å². The number of carboxylic acids is 2. The summed E-state index contributed by atoms with van der Waals surface area (Å²) >= 11 is 0. The molecule has 0 aliphatic rings. The predicted molar refractivity (Wildman–Crippen MR) is 131 cm³/mol. The zero-order valence-corrected chi connectivity index (χ0v) is 20.6.